The van der Waals surface area contributed by atoms with Crippen molar-refractivity contribution in [2.24, 2.45) is 4.99 Å². The molecule has 0 aliphatic carbocycles. The van der Waals surface area contributed by atoms with Crippen molar-refractivity contribution >= 4 is 18.0 Å². The Morgan fingerprint density at radius 3 is 2.74 bits per heavy atom. The van der Waals surface area contributed by atoms with Crippen molar-refractivity contribution in [1.29, 1.82) is 0 Å². The minimum Gasteiger partial charge on any atom is -0.328 e. The van der Waals surface area contributed by atoms with Gasteiger partial charge in [0.05, 0.1) is 23.3 Å². The van der Waals surface area contributed by atoms with Gasteiger partial charge in [0.25, 0.3) is 0 Å². The predicted octanol–water partition coefficient (Wildman–Crippen LogP) is 4.81. The van der Waals surface area contributed by atoms with Gasteiger partial charge in [0.1, 0.15) is 5.70 Å². The fourth-order valence-corrected chi connectivity index (χ4v) is 4.13. The molecule has 0 bridgehead atoms. The van der Waals surface area contributed by atoms with Gasteiger partial charge in [-0.2, -0.15) is 0 Å². The monoisotopic (exact) mass is 455 g/mol. The lowest BCUT2D eigenvalue weighted by atomic mass is 10.00. The molecule has 5 nitrogen and oxygen atoms in total. The summed E-state index contributed by atoms with van der Waals surface area (Å²) in [4.78, 5) is 8.93. The van der Waals surface area contributed by atoms with E-state index in [1.807, 2.05) is 32.9 Å². The van der Waals surface area contributed by atoms with Gasteiger partial charge in [-0.05, 0) is 82.6 Å². The van der Waals surface area contributed by atoms with Crippen LogP contribution in [0.4, 0.5) is 5.69 Å². The number of anilines is 1. The van der Waals surface area contributed by atoms with Crippen molar-refractivity contribution < 1.29 is 0 Å². The van der Waals surface area contributed by atoms with E-state index in [1.165, 1.54) is 42.7 Å². The number of benzene rings is 1. The third-order valence-electron chi connectivity index (χ3n) is 6.04. The highest BCUT2D eigenvalue weighted by atomic mass is 15.1. The molecule has 4 rings (SSSR count). The lowest BCUT2D eigenvalue weighted by Gasteiger charge is -2.30. The topological polar surface area (TPSA) is 42.9 Å². The first kappa shape index (κ1) is 25.4. The molecule has 5 heteroatoms. The molecule has 1 aromatic rings. The number of aliphatic imine (C=N–C) groups is 1. The zero-order valence-corrected chi connectivity index (χ0v) is 21.2. The molecule has 2 N–H and O–H groups in total. The van der Waals surface area contributed by atoms with Crippen molar-refractivity contribution in [2.75, 3.05) is 31.6 Å². The summed E-state index contributed by atoms with van der Waals surface area (Å²) < 4.78 is 0. The van der Waals surface area contributed by atoms with Gasteiger partial charge in [-0.1, -0.05) is 37.4 Å². The maximum atomic E-state index is 4.30. The van der Waals surface area contributed by atoms with Crippen LogP contribution in [-0.4, -0.2) is 43.8 Å². The molecule has 1 saturated heterocycles. The maximum absolute atomic E-state index is 4.30. The number of nitrogens with zero attached hydrogens (tertiary/aromatic N) is 3. The Labute approximate surface area is 205 Å². The molecule has 3 aliphatic rings. The Morgan fingerprint density at radius 2 is 1.97 bits per heavy atom. The van der Waals surface area contributed by atoms with Gasteiger partial charge in [0.2, 0.25) is 0 Å². The number of fused-ring (bicyclic) bond motifs is 1. The van der Waals surface area contributed by atoms with Gasteiger partial charge >= 0.3 is 0 Å². The predicted molar refractivity (Wildman–Crippen MR) is 144 cm³/mol. The van der Waals surface area contributed by atoms with E-state index in [4.69, 9.17) is 0 Å². The van der Waals surface area contributed by atoms with Gasteiger partial charge in [-0.3, -0.25) is 4.99 Å². The van der Waals surface area contributed by atoms with Crippen molar-refractivity contribution in [3.05, 3.63) is 70.0 Å². The second-order valence-electron chi connectivity index (χ2n) is 8.34. The molecule has 3 aliphatic heterocycles. The molecule has 0 aromatic heterocycles. The zero-order chi connectivity index (χ0) is 24.3. The highest BCUT2D eigenvalue weighted by Gasteiger charge is 2.19. The zero-order valence-electron chi connectivity index (χ0n) is 21.2. The fraction of sp³-hybridized carbons (Fsp3) is 0.414. The van der Waals surface area contributed by atoms with E-state index in [-0.39, 0.29) is 0 Å². The van der Waals surface area contributed by atoms with Gasteiger partial charge in [0.15, 0.2) is 0 Å². The molecule has 3 heterocycles. The van der Waals surface area contributed by atoms with Crippen LogP contribution in [0.1, 0.15) is 51.7 Å². The molecule has 0 spiro atoms. The molecule has 34 heavy (non-hydrogen) atoms. The van der Waals surface area contributed by atoms with Crippen molar-refractivity contribution in [3.63, 3.8) is 0 Å². The van der Waals surface area contributed by atoms with Crippen LogP contribution in [0.25, 0.3) is 6.08 Å². The summed E-state index contributed by atoms with van der Waals surface area (Å²) in [6.07, 6.45) is 10.0. The van der Waals surface area contributed by atoms with E-state index in [9.17, 15) is 0 Å². The lowest BCUT2D eigenvalue weighted by molar-refractivity contribution is 0.234. The SMILES string of the molecule is CC.CCN1C(C#CNC2=CC=C=C(C)N=C2)=C=Cc2c(CNC3CCN(C)CC3)cccc21. The Bertz CT molecular complexity index is 1110. The first-order valence-corrected chi connectivity index (χ1v) is 12.4. The first-order chi connectivity index (χ1) is 16.6. The number of piperidine rings is 1. The van der Waals surface area contributed by atoms with E-state index < -0.39 is 0 Å². The standard InChI is InChI=1S/C27H31N5.C2H6/c1-4-32-25(13-16-28-24-9-5-7-21(2)29-20-24)11-12-26-22(8-6-10-27(26)32)19-30-23-14-17-31(3)18-15-23;1-2/h5-6,8-10,12,20,23,28,30H,4,14-15,17-19H2,1-3H3;1-2H3. The molecule has 0 radical (unpaired) electrons. The summed E-state index contributed by atoms with van der Waals surface area (Å²) >= 11 is 0. The number of likely N-dealkylation sites (tertiary alicyclic amines) is 1. The van der Waals surface area contributed by atoms with Crippen LogP contribution >= 0.6 is 0 Å². The summed E-state index contributed by atoms with van der Waals surface area (Å²) in [7, 11) is 2.20. The molecule has 178 valence electrons. The van der Waals surface area contributed by atoms with Crippen LogP contribution in [0.5, 0.6) is 0 Å². The third-order valence-corrected chi connectivity index (χ3v) is 6.04. The van der Waals surface area contributed by atoms with Gasteiger partial charge < -0.3 is 20.4 Å². The van der Waals surface area contributed by atoms with Crippen LogP contribution in [-0.2, 0) is 6.54 Å². The average molecular weight is 456 g/mol. The number of hydrogen-bond acceptors (Lipinski definition) is 5. The van der Waals surface area contributed by atoms with Gasteiger partial charge in [-0.25, -0.2) is 0 Å². The Kier molecular flexibility index (Phi) is 9.59. The molecule has 0 atom stereocenters. The second kappa shape index (κ2) is 12.8. The molecule has 0 unspecified atom stereocenters. The minimum absolute atomic E-state index is 0.593. The average Bonchev–Trinajstić information content (AvgIpc) is 3.08. The number of hydrogen-bond donors (Lipinski definition) is 2. The van der Waals surface area contributed by atoms with Crippen LogP contribution in [0.3, 0.4) is 0 Å². The molecule has 1 fully saturated rings. The van der Waals surface area contributed by atoms with Crippen LogP contribution in [0.2, 0.25) is 0 Å². The van der Waals surface area contributed by atoms with E-state index in [0.29, 0.717) is 6.04 Å². The number of nitrogens with one attached hydrogen (secondary N) is 2. The summed E-state index contributed by atoms with van der Waals surface area (Å²) in [5, 5.41) is 6.89. The Balaban J connectivity index is 0.00000158. The van der Waals surface area contributed by atoms with E-state index in [1.54, 1.807) is 6.21 Å². The van der Waals surface area contributed by atoms with Crippen LogP contribution in [0, 0.1) is 12.0 Å². The highest BCUT2D eigenvalue weighted by Crippen LogP contribution is 2.31. The van der Waals surface area contributed by atoms with Crippen LogP contribution in [0.15, 0.2) is 63.9 Å². The Morgan fingerprint density at radius 1 is 1.18 bits per heavy atom. The molecular formula is C29H37N5. The summed E-state index contributed by atoms with van der Waals surface area (Å²) in [5.41, 5.74) is 12.8. The van der Waals surface area contributed by atoms with Crippen molar-refractivity contribution in [3.8, 4) is 12.0 Å². The van der Waals surface area contributed by atoms with E-state index in [0.717, 1.165) is 30.2 Å². The number of rotatable bonds is 5. The Hall–Kier alpha value is -3.25. The fourth-order valence-electron chi connectivity index (χ4n) is 4.13. The summed E-state index contributed by atoms with van der Waals surface area (Å²) in [6, 6.07) is 10.2. The molecule has 1 aromatic carbocycles. The van der Waals surface area contributed by atoms with Gasteiger partial charge in [-0.15, -0.1) is 0 Å². The van der Waals surface area contributed by atoms with Crippen LogP contribution < -0.4 is 15.5 Å². The highest BCUT2D eigenvalue weighted by molar-refractivity contribution is 5.80. The number of allylic oxidation sites excluding steroid dienone is 4. The minimum atomic E-state index is 0.593. The van der Waals surface area contributed by atoms with Crippen molar-refractivity contribution in [1.82, 2.24) is 15.5 Å². The normalized spacial score (nSPS) is 17.3. The lowest BCUT2D eigenvalue weighted by Crippen LogP contribution is -2.40. The second-order valence-corrected chi connectivity index (χ2v) is 8.34. The molecule has 0 amide bonds. The van der Waals surface area contributed by atoms with Gasteiger partial charge in [0, 0.05) is 30.7 Å². The van der Waals surface area contributed by atoms with E-state index >= 15 is 0 Å². The summed E-state index contributed by atoms with van der Waals surface area (Å²) in [6.45, 7) is 12.1. The molecule has 0 saturated carbocycles. The quantitative estimate of drug-likeness (QED) is 0.380. The smallest absolute Gasteiger partial charge is 0.138 e. The molecular weight excluding hydrogens is 418 g/mol. The third kappa shape index (κ3) is 6.64. The largest absolute Gasteiger partial charge is 0.328 e. The maximum Gasteiger partial charge on any atom is 0.138 e. The summed E-state index contributed by atoms with van der Waals surface area (Å²) in [5.74, 6) is 3.22. The van der Waals surface area contributed by atoms with Crippen molar-refractivity contribution in [2.45, 2.75) is 53.1 Å². The van der Waals surface area contributed by atoms with E-state index in [2.05, 4.69) is 87.1 Å². The first-order valence-electron chi connectivity index (χ1n) is 12.4.